The number of rotatable bonds is 5. The summed E-state index contributed by atoms with van der Waals surface area (Å²) in [6.07, 6.45) is 9.79. The normalized spacial score (nSPS) is 8.00. The Bertz CT molecular complexity index is 342. The average molecular weight is 248 g/mol. The maximum Gasteiger partial charge on any atom is 0.180 e. The zero-order chi connectivity index (χ0) is 13.5. The van der Waals surface area contributed by atoms with E-state index in [0.29, 0.717) is 13.2 Å². The van der Waals surface area contributed by atoms with Gasteiger partial charge in [0.15, 0.2) is 6.10 Å². The summed E-state index contributed by atoms with van der Waals surface area (Å²) < 4.78 is 15.6. The van der Waals surface area contributed by atoms with Crippen LogP contribution in [0, 0.1) is 36.1 Å². The SMILES string of the molecule is CCC#COCC(COC#CCC)OC#CCC. The van der Waals surface area contributed by atoms with E-state index in [9.17, 15) is 0 Å². The van der Waals surface area contributed by atoms with Crippen LogP contribution in [0.3, 0.4) is 0 Å². The molecule has 0 aromatic carbocycles. The van der Waals surface area contributed by atoms with E-state index in [0.717, 1.165) is 19.3 Å². The fraction of sp³-hybridized carbons (Fsp3) is 0.600. The fourth-order valence-electron chi connectivity index (χ4n) is 0.829. The molecule has 0 fully saturated rings. The predicted octanol–water partition coefficient (Wildman–Crippen LogP) is 2.52. The molecule has 0 aliphatic rings. The van der Waals surface area contributed by atoms with E-state index in [1.165, 1.54) is 0 Å². The molecule has 0 rings (SSSR count). The molecule has 0 unspecified atom stereocenters. The number of ether oxygens (including phenoxy) is 3. The molecule has 3 heteroatoms. The molecule has 0 aliphatic heterocycles. The Labute approximate surface area is 110 Å². The van der Waals surface area contributed by atoms with Gasteiger partial charge in [-0.05, 0) is 0 Å². The first-order valence-corrected chi connectivity index (χ1v) is 6.17. The second-order valence-electron chi connectivity index (χ2n) is 3.26. The van der Waals surface area contributed by atoms with Crippen molar-refractivity contribution in [1.29, 1.82) is 0 Å². The minimum Gasteiger partial charge on any atom is -0.442 e. The molecule has 0 saturated heterocycles. The summed E-state index contributed by atoms with van der Waals surface area (Å²) in [5.41, 5.74) is 0. The van der Waals surface area contributed by atoms with Crippen LogP contribution in [0.15, 0.2) is 0 Å². The van der Waals surface area contributed by atoms with Gasteiger partial charge in [-0.3, -0.25) is 0 Å². The van der Waals surface area contributed by atoms with E-state index in [4.69, 9.17) is 14.2 Å². The fourth-order valence-corrected chi connectivity index (χ4v) is 0.829. The van der Waals surface area contributed by atoms with Crippen molar-refractivity contribution in [1.82, 2.24) is 0 Å². The van der Waals surface area contributed by atoms with Gasteiger partial charge in [0.1, 0.15) is 31.5 Å². The molecule has 98 valence electrons. The Morgan fingerprint density at radius 1 is 0.722 bits per heavy atom. The lowest BCUT2D eigenvalue weighted by Crippen LogP contribution is -2.22. The lowest BCUT2D eigenvalue weighted by atomic mass is 10.4. The molecular formula is C15H20O3. The summed E-state index contributed by atoms with van der Waals surface area (Å²) in [4.78, 5) is 0. The van der Waals surface area contributed by atoms with Gasteiger partial charge in [-0.25, -0.2) is 0 Å². The van der Waals surface area contributed by atoms with Crippen molar-refractivity contribution in [2.24, 2.45) is 0 Å². The van der Waals surface area contributed by atoms with Crippen LogP contribution in [-0.4, -0.2) is 19.3 Å². The molecule has 0 aromatic heterocycles. The molecule has 0 heterocycles. The van der Waals surface area contributed by atoms with Crippen LogP contribution < -0.4 is 0 Å². The van der Waals surface area contributed by atoms with Gasteiger partial charge in [-0.15, -0.1) is 0 Å². The molecule has 0 saturated carbocycles. The lowest BCUT2D eigenvalue weighted by molar-refractivity contribution is 0.0418. The molecular weight excluding hydrogens is 228 g/mol. The topological polar surface area (TPSA) is 27.7 Å². The maximum absolute atomic E-state index is 5.30. The standard InChI is InChI=1S/C15H20O3/c1-4-7-10-16-13-15(18-12-9-6-3)14-17-11-8-5-2/h15H,4-6,13-14H2,1-3H3. The number of hydrogen-bond acceptors (Lipinski definition) is 3. The Hall–Kier alpha value is -1.92. The second kappa shape index (κ2) is 13.1. The Morgan fingerprint density at radius 2 is 1.17 bits per heavy atom. The molecule has 0 N–H and O–H groups in total. The smallest absolute Gasteiger partial charge is 0.180 e. The summed E-state index contributed by atoms with van der Waals surface area (Å²) in [5.74, 6) is 8.46. The molecule has 0 aliphatic carbocycles. The van der Waals surface area contributed by atoms with Gasteiger partial charge in [-0.2, -0.15) is 0 Å². The molecule has 0 bridgehead atoms. The van der Waals surface area contributed by atoms with E-state index < -0.39 is 0 Å². The Kier molecular flexibility index (Phi) is 11.7. The summed E-state index contributed by atoms with van der Waals surface area (Å²) >= 11 is 0. The van der Waals surface area contributed by atoms with Crippen LogP contribution >= 0.6 is 0 Å². The van der Waals surface area contributed by atoms with Crippen LogP contribution in [0.4, 0.5) is 0 Å². The number of hydrogen-bond donors (Lipinski definition) is 0. The molecule has 0 atom stereocenters. The summed E-state index contributed by atoms with van der Waals surface area (Å²) in [5, 5.41) is 0. The third kappa shape index (κ3) is 10.6. The first-order valence-electron chi connectivity index (χ1n) is 6.17. The quantitative estimate of drug-likeness (QED) is 0.700. The van der Waals surface area contributed by atoms with Crippen molar-refractivity contribution in [3.63, 3.8) is 0 Å². The second-order valence-corrected chi connectivity index (χ2v) is 3.26. The lowest BCUT2D eigenvalue weighted by Gasteiger charge is -2.11. The van der Waals surface area contributed by atoms with Gasteiger partial charge in [0.05, 0.1) is 0 Å². The predicted molar refractivity (Wildman–Crippen MR) is 71.0 cm³/mol. The highest BCUT2D eigenvalue weighted by molar-refractivity contribution is 4.93. The van der Waals surface area contributed by atoms with E-state index in [2.05, 4.69) is 36.1 Å². The van der Waals surface area contributed by atoms with Crippen molar-refractivity contribution >= 4 is 0 Å². The van der Waals surface area contributed by atoms with E-state index >= 15 is 0 Å². The first kappa shape index (κ1) is 16.1. The van der Waals surface area contributed by atoms with Crippen molar-refractivity contribution < 1.29 is 14.2 Å². The van der Waals surface area contributed by atoms with Crippen LogP contribution in [0.2, 0.25) is 0 Å². The van der Waals surface area contributed by atoms with Crippen LogP contribution in [0.1, 0.15) is 40.0 Å². The van der Waals surface area contributed by atoms with E-state index in [1.807, 2.05) is 20.8 Å². The molecule has 0 spiro atoms. The highest BCUT2D eigenvalue weighted by Gasteiger charge is 2.09. The van der Waals surface area contributed by atoms with Crippen molar-refractivity contribution in [3.05, 3.63) is 0 Å². The summed E-state index contributed by atoms with van der Waals surface area (Å²) in [6, 6.07) is 0. The van der Waals surface area contributed by atoms with Crippen LogP contribution in [0.5, 0.6) is 0 Å². The molecule has 18 heavy (non-hydrogen) atoms. The van der Waals surface area contributed by atoms with Gasteiger partial charge < -0.3 is 14.2 Å². The minimum atomic E-state index is -0.277. The van der Waals surface area contributed by atoms with E-state index in [-0.39, 0.29) is 6.10 Å². The van der Waals surface area contributed by atoms with Gasteiger partial charge in [-0.1, -0.05) is 38.5 Å². The maximum atomic E-state index is 5.30. The monoisotopic (exact) mass is 248 g/mol. The van der Waals surface area contributed by atoms with Crippen molar-refractivity contribution in [3.8, 4) is 36.1 Å². The largest absolute Gasteiger partial charge is 0.442 e. The van der Waals surface area contributed by atoms with Crippen LogP contribution in [-0.2, 0) is 14.2 Å². The Morgan fingerprint density at radius 3 is 1.61 bits per heavy atom. The third-order valence-electron chi connectivity index (χ3n) is 1.66. The Balaban J connectivity index is 4.06. The molecule has 3 nitrogen and oxygen atoms in total. The van der Waals surface area contributed by atoms with Crippen molar-refractivity contribution in [2.75, 3.05) is 13.2 Å². The molecule has 0 aromatic rings. The highest BCUT2D eigenvalue weighted by Crippen LogP contribution is 1.94. The summed E-state index contributed by atoms with van der Waals surface area (Å²) in [7, 11) is 0. The van der Waals surface area contributed by atoms with Gasteiger partial charge in [0, 0.05) is 19.3 Å². The van der Waals surface area contributed by atoms with Crippen molar-refractivity contribution in [2.45, 2.75) is 46.1 Å². The van der Waals surface area contributed by atoms with E-state index in [1.54, 1.807) is 0 Å². The summed E-state index contributed by atoms with van der Waals surface area (Å²) in [6.45, 7) is 6.51. The van der Waals surface area contributed by atoms with Gasteiger partial charge >= 0.3 is 0 Å². The van der Waals surface area contributed by atoms with Gasteiger partial charge in [0.2, 0.25) is 0 Å². The van der Waals surface area contributed by atoms with Crippen LogP contribution in [0.25, 0.3) is 0 Å². The molecule has 0 radical (unpaired) electrons. The highest BCUT2D eigenvalue weighted by atomic mass is 16.5. The third-order valence-corrected chi connectivity index (χ3v) is 1.66. The first-order chi connectivity index (χ1) is 8.85. The zero-order valence-corrected chi connectivity index (χ0v) is 11.3. The zero-order valence-electron chi connectivity index (χ0n) is 11.3. The minimum absolute atomic E-state index is 0.277. The molecule has 0 amide bonds. The van der Waals surface area contributed by atoms with Gasteiger partial charge in [0.25, 0.3) is 0 Å². The average Bonchev–Trinajstić information content (AvgIpc) is 2.39.